The van der Waals surface area contributed by atoms with Gasteiger partial charge in [0.1, 0.15) is 18.2 Å². The number of ether oxygens (including phenoxy) is 1. The van der Waals surface area contributed by atoms with Gasteiger partial charge in [0.05, 0.1) is 13.2 Å². The van der Waals surface area contributed by atoms with Crippen LogP contribution in [0.15, 0.2) is 42.5 Å². The Labute approximate surface area is 123 Å². The van der Waals surface area contributed by atoms with Gasteiger partial charge in [0.25, 0.3) is 0 Å². The highest BCUT2D eigenvalue weighted by atomic mass is 19.1. The molecule has 0 aliphatic rings. The van der Waals surface area contributed by atoms with Gasteiger partial charge in [-0.2, -0.15) is 0 Å². The van der Waals surface area contributed by atoms with E-state index in [4.69, 9.17) is 15.6 Å². The Bertz CT molecular complexity index is 657. The lowest BCUT2D eigenvalue weighted by Crippen LogP contribution is -1.98. The van der Waals surface area contributed by atoms with Crippen molar-refractivity contribution in [1.29, 1.82) is 0 Å². The summed E-state index contributed by atoms with van der Waals surface area (Å²) in [5.41, 5.74) is 7.39. The lowest BCUT2D eigenvalue weighted by atomic mass is 10.1. The molecule has 4 heteroatoms. The molecule has 0 aliphatic heterocycles. The second-order valence-corrected chi connectivity index (χ2v) is 4.44. The van der Waals surface area contributed by atoms with Gasteiger partial charge in [-0.25, -0.2) is 4.39 Å². The van der Waals surface area contributed by atoms with Crippen molar-refractivity contribution in [3.63, 3.8) is 0 Å². The summed E-state index contributed by atoms with van der Waals surface area (Å²) in [6.07, 6.45) is 0. The van der Waals surface area contributed by atoms with E-state index < -0.39 is 0 Å². The number of benzene rings is 2. The topological polar surface area (TPSA) is 55.5 Å². The van der Waals surface area contributed by atoms with Gasteiger partial charge in [0.2, 0.25) is 0 Å². The number of hydrogen-bond acceptors (Lipinski definition) is 3. The van der Waals surface area contributed by atoms with Crippen LogP contribution in [0.4, 0.5) is 4.39 Å². The molecular weight excluding hydrogens is 269 g/mol. The minimum Gasteiger partial charge on any atom is -0.489 e. The maximum Gasteiger partial charge on any atom is 0.124 e. The number of aliphatic hydroxyl groups is 1. The first-order valence-corrected chi connectivity index (χ1v) is 6.52. The van der Waals surface area contributed by atoms with Crippen molar-refractivity contribution in [3.8, 4) is 17.6 Å². The first kappa shape index (κ1) is 15.0. The molecule has 3 N–H and O–H groups in total. The molecule has 0 saturated carbocycles. The van der Waals surface area contributed by atoms with Gasteiger partial charge in [0, 0.05) is 5.56 Å². The van der Waals surface area contributed by atoms with Crippen molar-refractivity contribution in [1.82, 2.24) is 0 Å². The quantitative estimate of drug-likeness (QED) is 0.847. The van der Waals surface area contributed by atoms with E-state index in [0.29, 0.717) is 16.9 Å². The molecule has 21 heavy (non-hydrogen) atoms. The SMILES string of the molecule is NCC#Cc1cc(F)cc(COc2ccc(CO)cc2)c1. The van der Waals surface area contributed by atoms with Crippen molar-refractivity contribution >= 4 is 0 Å². The van der Waals surface area contributed by atoms with E-state index in [9.17, 15) is 4.39 Å². The minimum atomic E-state index is -0.354. The molecule has 0 unspecified atom stereocenters. The Kier molecular flexibility index (Phi) is 5.33. The van der Waals surface area contributed by atoms with E-state index in [2.05, 4.69) is 11.8 Å². The zero-order valence-corrected chi connectivity index (χ0v) is 11.5. The van der Waals surface area contributed by atoms with E-state index in [0.717, 1.165) is 5.56 Å². The average molecular weight is 285 g/mol. The third kappa shape index (κ3) is 4.60. The average Bonchev–Trinajstić information content (AvgIpc) is 2.51. The number of hydrogen-bond donors (Lipinski definition) is 2. The van der Waals surface area contributed by atoms with E-state index in [1.807, 2.05) is 0 Å². The molecule has 3 nitrogen and oxygen atoms in total. The van der Waals surface area contributed by atoms with E-state index >= 15 is 0 Å². The van der Waals surface area contributed by atoms with Gasteiger partial charge in [-0.05, 0) is 41.5 Å². The van der Waals surface area contributed by atoms with Crippen molar-refractivity contribution in [2.45, 2.75) is 13.2 Å². The summed E-state index contributed by atoms with van der Waals surface area (Å²) in [4.78, 5) is 0. The number of rotatable bonds is 4. The van der Waals surface area contributed by atoms with Crippen LogP contribution in [0.2, 0.25) is 0 Å². The maximum atomic E-state index is 13.5. The lowest BCUT2D eigenvalue weighted by molar-refractivity contribution is 0.280. The van der Waals surface area contributed by atoms with Crippen LogP contribution in [-0.4, -0.2) is 11.7 Å². The van der Waals surface area contributed by atoms with Crippen LogP contribution < -0.4 is 10.5 Å². The van der Waals surface area contributed by atoms with Crippen LogP contribution in [-0.2, 0) is 13.2 Å². The predicted octanol–water partition coefficient (Wildman–Crippen LogP) is 2.21. The van der Waals surface area contributed by atoms with Crippen molar-refractivity contribution in [2.75, 3.05) is 6.54 Å². The third-order valence-electron chi connectivity index (χ3n) is 2.80. The Morgan fingerprint density at radius 2 is 1.86 bits per heavy atom. The summed E-state index contributed by atoms with van der Waals surface area (Å²) >= 11 is 0. The molecule has 2 rings (SSSR count). The highest BCUT2D eigenvalue weighted by Gasteiger charge is 2.01. The normalized spacial score (nSPS) is 9.86. The van der Waals surface area contributed by atoms with E-state index in [-0.39, 0.29) is 25.6 Å². The Morgan fingerprint density at radius 3 is 2.52 bits per heavy atom. The first-order valence-electron chi connectivity index (χ1n) is 6.52. The highest BCUT2D eigenvalue weighted by Crippen LogP contribution is 2.15. The monoisotopic (exact) mass is 285 g/mol. The molecule has 0 heterocycles. The molecule has 0 fully saturated rings. The summed E-state index contributed by atoms with van der Waals surface area (Å²) in [6, 6.07) is 11.6. The van der Waals surface area contributed by atoms with Crippen LogP contribution in [0.3, 0.4) is 0 Å². The van der Waals surface area contributed by atoms with E-state index in [1.165, 1.54) is 12.1 Å². The van der Waals surface area contributed by atoms with E-state index in [1.54, 1.807) is 30.3 Å². The number of halogens is 1. The van der Waals surface area contributed by atoms with Crippen molar-refractivity contribution in [3.05, 3.63) is 65.0 Å². The summed E-state index contributed by atoms with van der Waals surface area (Å²) in [5.74, 6) is 5.80. The molecule has 0 atom stereocenters. The fourth-order valence-corrected chi connectivity index (χ4v) is 1.82. The van der Waals surface area contributed by atoms with Crippen LogP contribution in [0, 0.1) is 17.7 Å². The van der Waals surface area contributed by atoms with Gasteiger partial charge < -0.3 is 15.6 Å². The molecular formula is C17H16FNO2. The fraction of sp³-hybridized carbons (Fsp3) is 0.176. The molecule has 0 spiro atoms. The smallest absolute Gasteiger partial charge is 0.124 e. The molecule has 0 bridgehead atoms. The molecule has 108 valence electrons. The molecule has 0 aliphatic carbocycles. The fourth-order valence-electron chi connectivity index (χ4n) is 1.82. The summed E-state index contributed by atoms with van der Waals surface area (Å²) in [7, 11) is 0. The lowest BCUT2D eigenvalue weighted by Gasteiger charge is -2.07. The second kappa shape index (κ2) is 7.44. The van der Waals surface area contributed by atoms with Gasteiger partial charge >= 0.3 is 0 Å². The van der Waals surface area contributed by atoms with Crippen LogP contribution in [0.1, 0.15) is 16.7 Å². The number of nitrogens with two attached hydrogens (primary N) is 1. The first-order chi connectivity index (χ1) is 10.2. The summed E-state index contributed by atoms with van der Waals surface area (Å²) < 4.78 is 19.1. The molecule has 0 amide bonds. The molecule has 0 saturated heterocycles. The van der Waals surface area contributed by atoms with Crippen LogP contribution >= 0.6 is 0 Å². The summed E-state index contributed by atoms with van der Waals surface area (Å²) in [5, 5.41) is 8.96. The molecule has 2 aromatic carbocycles. The summed E-state index contributed by atoms with van der Waals surface area (Å²) in [6.45, 7) is 0.473. The van der Waals surface area contributed by atoms with Gasteiger partial charge in [-0.15, -0.1) is 0 Å². The van der Waals surface area contributed by atoms with Crippen LogP contribution in [0.5, 0.6) is 5.75 Å². The predicted molar refractivity (Wildman–Crippen MR) is 79.0 cm³/mol. The van der Waals surface area contributed by atoms with Crippen molar-refractivity contribution in [2.24, 2.45) is 5.73 Å². The van der Waals surface area contributed by atoms with Gasteiger partial charge in [0.15, 0.2) is 0 Å². The van der Waals surface area contributed by atoms with Crippen LogP contribution in [0.25, 0.3) is 0 Å². The molecule has 0 aromatic heterocycles. The molecule has 2 aromatic rings. The zero-order valence-electron chi connectivity index (χ0n) is 11.5. The Hall–Kier alpha value is -2.35. The van der Waals surface area contributed by atoms with Gasteiger partial charge in [-0.3, -0.25) is 0 Å². The zero-order chi connectivity index (χ0) is 15.1. The highest BCUT2D eigenvalue weighted by molar-refractivity contribution is 5.38. The van der Waals surface area contributed by atoms with Crippen molar-refractivity contribution < 1.29 is 14.2 Å². The standard InChI is InChI=1S/C17H16FNO2/c18-16-9-14(2-1-7-19)8-15(10-16)12-21-17-5-3-13(11-20)4-6-17/h3-6,8-10,20H,7,11-12,19H2. The largest absolute Gasteiger partial charge is 0.489 e. The third-order valence-corrected chi connectivity index (χ3v) is 2.80. The minimum absolute atomic E-state index is 0.00660. The Morgan fingerprint density at radius 1 is 1.10 bits per heavy atom. The van der Waals surface area contributed by atoms with Gasteiger partial charge in [-0.1, -0.05) is 24.0 Å². The maximum absolute atomic E-state index is 13.5. The number of aliphatic hydroxyl groups excluding tert-OH is 1. The Balaban J connectivity index is 2.06. The molecule has 0 radical (unpaired) electrons. The second-order valence-electron chi connectivity index (χ2n) is 4.44.